The van der Waals surface area contributed by atoms with Gasteiger partial charge in [-0.1, -0.05) is 35.9 Å². The standard InChI is InChI=1S/C23H19ClO6S/c1-28-23(27)30-21-18(25)10-15-11-29-22(26)20(15)19(21)14-5-7-17(8-6-14)31-12-13-3-2-4-16(24)9-13/h2-9,19,25H,10-12H2,1H3. The monoisotopic (exact) mass is 458 g/mol. The van der Waals surface area contributed by atoms with Crippen LogP contribution >= 0.6 is 23.4 Å². The minimum Gasteiger partial charge on any atom is -0.508 e. The molecule has 4 rings (SSSR count). The number of hydrogen-bond donors (Lipinski definition) is 1. The summed E-state index contributed by atoms with van der Waals surface area (Å²) in [5, 5.41) is 11.2. The molecule has 0 radical (unpaired) electrons. The fraction of sp³-hybridized carbons (Fsp3) is 0.217. The molecular weight excluding hydrogens is 440 g/mol. The third kappa shape index (κ3) is 4.57. The first kappa shape index (κ1) is 21.3. The third-order valence-corrected chi connectivity index (χ3v) is 6.38. The second-order valence-corrected chi connectivity index (χ2v) is 8.54. The number of cyclic esters (lactones) is 1. The van der Waals surface area contributed by atoms with E-state index in [4.69, 9.17) is 21.1 Å². The Morgan fingerprint density at radius 3 is 2.74 bits per heavy atom. The lowest BCUT2D eigenvalue weighted by Crippen LogP contribution is -2.21. The van der Waals surface area contributed by atoms with Crippen molar-refractivity contribution in [2.24, 2.45) is 0 Å². The van der Waals surface area contributed by atoms with Crippen molar-refractivity contribution < 1.29 is 28.9 Å². The predicted molar refractivity (Wildman–Crippen MR) is 116 cm³/mol. The van der Waals surface area contributed by atoms with Crippen LogP contribution in [0.2, 0.25) is 5.02 Å². The van der Waals surface area contributed by atoms with Gasteiger partial charge in [0.2, 0.25) is 0 Å². The Morgan fingerprint density at radius 2 is 2.03 bits per heavy atom. The number of halogens is 1. The van der Waals surface area contributed by atoms with Crippen LogP contribution in [0.1, 0.15) is 23.5 Å². The topological polar surface area (TPSA) is 82.1 Å². The summed E-state index contributed by atoms with van der Waals surface area (Å²) < 4.78 is 15.0. The van der Waals surface area contributed by atoms with Crippen molar-refractivity contribution in [1.82, 2.24) is 0 Å². The molecule has 8 heteroatoms. The maximum Gasteiger partial charge on any atom is 0.513 e. The molecule has 1 aliphatic carbocycles. The first-order chi connectivity index (χ1) is 15.0. The summed E-state index contributed by atoms with van der Waals surface area (Å²) in [4.78, 5) is 25.1. The van der Waals surface area contributed by atoms with Gasteiger partial charge >= 0.3 is 12.1 Å². The molecule has 0 spiro atoms. The van der Waals surface area contributed by atoms with Crippen LogP contribution in [0.25, 0.3) is 0 Å². The van der Waals surface area contributed by atoms with E-state index in [9.17, 15) is 14.7 Å². The van der Waals surface area contributed by atoms with Crippen LogP contribution in [0, 0.1) is 0 Å². The van der Waals surface area contributed by atoms with E-state index < -0.39 is 18.0 Å². The van der Waals surface area contributed by atoms with E-state index in [2.05, 4.69) is 4.74 Å². The molecule has 1 atom stereocenters. The molecule has 31 heavy (non-hydrogen) atoms. The zero-order valence-electron chi connectivity index (χ0n) is 16.6. The van der Waals surface area contributed by atoms with E-state index in [1.54, 1.807) is 11.8 Å². The molecule has 0 bridgehead atoms. The number of esters is 1. The van der Waals surface area contributed by atoms with Crippen molar-refractivity contribution in [1.29, 1.82) is 0 Å². The Balaban J connectivity index is 1.59. The van der Waals surface area contributed by atoms with Crippen LogP contribution in [-0.2, 0) is 24.8 Å². The Kier molecular flexibility index (Phi) is 6.25. The van der Waals surface area contributed by atoms with Crippen molar-refractivity contribution in [2.45, 2.75) is 23.0 Å². The highest BCUT2D eigenvalue weighted by molar-refractivity contribution is 7.98. The fourth-order valence-electron chi connectivity index (χ4n) is 3.62. The highest BCUT2D eigenvalue weighted by Gasteiger charge is 2.41. The molecule has 1 heterocycles. The summed E-state index contributed by atoms with van der Waals surface area (Å²) in [5.74, 6) is -0.596. The number of aliphatic hydroxyl groups is 1. The Bertz CT molecular complexity index is 1090. The summed E-state index contributed by atoms with van der Waals surface area (Å²) >= 11 is 7.68. The van der Waals surface area contributed by atoms with Gasteiger partial charge in [0.15, 0.2) is 5.76 Å². The van der Waals surface area contributed by atoms with Gasteiger partial charge in [0.25, 0.3) is 0 Å². The highest BCUT2D eigenvalue weighted by Crippen LogP contribution is 2.44. The van der Waals surface area contributed by atoms with E-state index in [1.807, 2.05) is 48.5 Å². The van der Waals surface area contributed by atoms with E-state index >= 15 is 0 Å². The Labute approximate surface area is 188 Å². The van der Waals surface area contributed by atoms with Gasteiger partial charge in [0, 0.05) is 22.1 Å². The predicted octanol–water partition coefficient (Wildman–Crippen LogP) is 5.53. The molecule has 1 N–H and O–H groups in total. The number of ether oxygens (including phenoxy) is 3. The quantitative estimate of drug-likeness (QED) is 0.466. The van der Waals surface area contributed by atoms with E-state index in [-0.39, 0.29) is 24.5 Å². The Hall–Kier alpha value is -2.90. The second kappa shape index (κ2) is 9.08. The summed E-state index contributed by atoms with van der Waals surface area (Å²) in [7, 11) is 1.18. The smallest absolute Gasteiger partial charge is 0.508 e. The van der Waals surface area contributed by atoms with Gasteiger partial charge in [0.1, 0.15) is 12.4 Å². The summed E-state index contributed by atoms with van der Waals surface area (Å²) in [6, 6.07) is 15.2. The van der Waals surface area contributed by atoms with E-state index in [0.29, 0.717) is 21.7 Å². The Morgan fingerprint density at radius 1 is 1.26 bits per heavy atom. The number of thioether (sulfide) groups is 1. The number of rotatable bonds is 5. The van der Waals surface area contributed by atoms with Gasteiger partial charge in [-0.15, -0.1) is 11.8 Å². The summed E-state index contributed by atoms with van der Waals surface area (Å²) in [6.45, 7) is 0.119. The maximum absolute atomic E-state index is 12.4. The average Bonchev–Trinajstić information content (AvgIpc) is 3.13. The van der Waals surface area contributed by atoms with Gasteiger partial charge in [-0.25, -0.2) is 9.59 Å². The van der Waals surface area contributed by atoms with E-state index in [1.165, 1.54) is 7.11 Å². The first-order valence-electron chi connectivity index (χ1n) is 9.50. The lowest BCUT2D eigenvalue weighted by atomic mass is 9.82. The van der Waals surface area contributed by atoms with Crippen LogP contribution in [0.5, 0.6) is 0 Å². The number of carbonyl (C=O) groups excluding carboxylic acids is 2. The molecule has 0 aromatic heterocycles. The van der Waals surface area contributed by atoms with Crippen LogP contribution in [-0.4, -0.2) is 30.9 Å². The molecule has 0 amide bonds. The van der Waals surface area contributed by atoms with Gasteiger partial charge in [0.05, 0.1) is 18.6 Å². The molecule has 0 saturated carbocycles. The molecule has 2 aromatic rings. The second-order valence-electron chi connectivity index (χ2n) is 7.06. The zero-order valence-corrected chi connectivity index (χ0v) is 18.2. The molecule has 160 valence electrons. The first-order valence-corrected chi connectivity index (χ1v) is 10.9. The molecule has 6 nitrogen and oxygen atoms in total. The largest absolute Gasteiger partial charge is 0.513 e. The van der Waals surface area contributed by atoms with Crippen molar-refractivity contribution in [3.63, 3.8) is 0 Å². The SMILES string of the molecule is COC(=O)OC1=C(O)CC2=C(C(=O)OC2)C1c1ccc(SCc2cccc(Cl)c2)cc1. The van der Waals surface area contributed by atoms with Crippen molar-refractivity contribution in [3.8, 4) is 0 Å². The number of carbonyl (C=O) groups is 2. The lowest BCUT2D eigenvalue weighted by Gasteiger charge is -2.25. The molecule has 0 saturated heterocycles. The molecule has 2 aromatic carbocycles. The molecule has 1 aliphatic heterocycles. The molecule has 0 fully saturated rings. The molecular formula is C23H19ClO6S. The minimum atomic E-state index is -0.962. The van der Waals surface area contributed by atoms with Crippen molar-refractivity contribution in [2.75, 3.05) is 13.7 Å². The number of methoxy groups -OCH3 is 1. The number of benzene rings is 2. The van der Waals surface area contributed by atoms with E-state index in [0.717, 1.165) is 16.2 Å². The minimum absolute atomic E-state index is 0.0104. The van der Waals surface area contributed by atoms with Crippen molar-refractivity contribution >= 4 is 35.5 Å². The normalized spacial score (nSPS) is 18.0. The zero-order chi connectivity index (χ0) is 22.0. The van der Waals surface area contributed by atoms with Gasteiger partial charge in [-0.05, 0) is 41.0 Å². The van der Waals surface area contributed by atoms with Gasteiger partial charge in [-0.3, -0.25) is 0 Å². The van der Waals surface area contributed by atoms with Crippen LogP contribution < -0.4 is 0 Å². The van der Waals surface area contributed by atoms with Crippen LogP contribution in [0.4, 0.5) is 4.79 Å². The molecule has 1 unspecified atom stereocenters. The number of allylic oxidation sites excluding steroid dienone is 2. The van der Waals surface area contributed by atoms with Crippen molar-refractivity contribution in [3.05, 3.63) is 87.3 Å². The van der Waals surface area contributed by atoms with Crippen LogP contribution in [0.15, 0.2) is 76.1 Å². The summed E-state index contributed by atoms with van der Waals surface area (Å²) in [5.41, 5.74) is 2.89. The maximum atomic E-state index is 12.4. The number of aliphatic hydroxyl groups excluding tert-OH is 1. The van der Waals surface area contributed by atoms with Gasteiger partial charge in [-0.2, -0.15) is 0 Å². The average molecular weight is 459 g/mol. The third-order valence-electron chi connectivity index (χ3n) is 5.06. The molecule has 2 aliphatic rings. The highest BCUT2D eigenvalue weighted by atomic mass is 35.5. The fourth-order valence-corrected chi connectivity index (χ4v) is 4.68. The van der Waals surface area contributed by atoms with Crippen LogP contribution in [0.3, 0.4) is 0 Å². The summed E-state index contributed by atoms with van der Waals surface area (Å²) in [6.07, 6.45) is -0.868. The number of hydrogen-bond acceptors (Lipinski definition) is 7. The van der Waals surface area contributed by atoms with Gasteiger partial charge < -0.3 is 19.3 Å². The lowest BCUT2D eigenvalue weighted by molar-refractivity contribution is -0.136.